The summed E-state index contributed by atoms with van der Waals surface area (Å²) in [7, 11) is 0. The quantitative estimate of drug-likeness (QED) is 0.133. The summed E-state index contributed by atoms with van der Waals surface area (Å²) in [5, 5.41) is 25.5. The van der Waals surface area contributed by atoms with E-state index in [1.165, 1.54) is 0 Å². The van der Waals surface area contributed by atoms with E-state index in [1.54, 1.807) is 0 Å². The zero-order valence-corrected chi connectivity index (χ0v) is 32.4. The smallest absolute Gasteiger partial charge is 0.0991 e. The third-order valence-electron chi connectivity index (χ3n) is 11.2. The number of hydrogen-bond donors (Lipinski definition) is 0. The predicted molar refractivity (Wildman–Crippen MR) is 246 cm³/mol. The molecule has 10 rings (SSSR count). The predicted octanol–water partition coefficient (Wildman–Crippen LogP) is 13.8. The Bertz CT molecular complexity index is 3230. The summed E-state index contributed by atoms with van der Waals surface area (Å²) in [6.45, 7) is 0. The molecular weight excluding hydrogens is 725 g/mol. The normalized spacial score (nSPS) is 10.7. The lowest BCUT2D eigenvalue weighted by molar-refractivity contribution is 1.48. The number of rotatable bonds is 4. The minimum Gasteiger partial charge on any atom is -0.192 e. The Morgan fingerprint density at radius 1 is 0.267 bits per heavy atom. The van der Waals surface area contributed by atoms with Crippen molar-refractivity contribution >= 4 is 32.3 Å². The zero-order chi connectivity index (χ0) is 40.4. The molecule has 0 aliphatic heterocycles. The lowest BCUT2D eigenvalue weighted by atomic mass is 9.82. The molecule has 2 nitrogen and oxygen atoms in total. The van der Waals surface area contributed by atoms with E-state index in [4.69, 9.17) is 0 Å². The zero-order valence-electron chi connectivity index (χ0n) is 32.4. The molecule has 0 N–H and O–H groups in total. The molecule has 10 aromatic carbocycles. The van der Waals surface area contributed by atoms with Crippen molar-refractivity contribution in [2.75, 3.05) is 0 Å². The van der Waals surface area contributed by atoms with Gasteiger partial charge in [-0.15, -0.1) is 0 Å². The molecule has 0 amide bonds. The van der Waals surface area contributed by atoms with Gasteiger partial charge in [0.2, 0.25) is 0 Å². The molecule has 0 saturated carbocycles. The maximum Gasteiger partial charge on any atom is 0.0991 e. The van der Waals surface area contributed by atoms with Gasteiger partial charge in [-0.05, 0) is 137 Å². The van der Waals surface area contributed by atoms with Crippen LogP contribution in [0.25, 0.3) is 76.8 Å². The molecule has 0 heterocycles. The second-order valence-corrected chi connectivity index (χ2v) is 14.7. The molecule has 0 fully saturated rings. The first-order valence-electron chi connectivity index (χ1n) is 19.8. The molecular formula is C58H32N2. The van der Waals surface area contributed by atoms with Crippen LogP contribution in [-0.4, -0.2) is 0 Å². The molecule has 0 aliphatic rings. The van der Waals surface area contributed by atoms with Crippen molar-refractivity contribution < 1.29 is 0 Å². The summed E-state index contributed by atoms with van der Waals surface area (Å²) in [6.07, 6.45) is 0. The van der Waals surface area contributed by atoms with E-state index >= 15 is 0 Å². The van der Waals surface area contributed by atoms with Gasteiger partial charge in [-0.1, -0.05) is 157 Å². The van der Waals surface area contributed by atoms with Crippen molar-refractivity contribution in [2.45, 2.75) is 0 Å². The third kappa shape index (κ3) is 6.48. The van der Waals surface area contributed by atoms with Gasteiger partial charge in [0.05, 0.1) is 23.3 Å². The van der Waals surface area contributed by atoms with Gasteiger partial charge in [0, 0.05) is 22.3 Å². The fourth-order valence-electron chi connectivity index (χ4n) is 8.36. The molecule has 0 radical (unpaired) electrons. The van der Waals surface area contributed by atoms with Crippen LogP contribution in [0, 0.1) is 46.3 Å². The van der Waals surface area contributed by atoms with Crippen LogP contribution in [0.3, 0.4) is 0 Å². The van der Waals surface area contributed by atoms with Crippen LogP contribution in [0.5, 0.6) is 0 Å². The molecule has 2 heteroatoms. The van der Waals surface area contributed by atoms with E-state index in [9.17, 15) is 10.5 Å². The average molecular weight is 757 g/mol. The monoisotopic (exact) mass is 756 g/mol. The third-order valence-corrected chi connectivity index (χ3v) is 11.2. The van der Waals surface area contributed by atoms with Crippen LogP contribution in [0.15, 0.2) is 194 Å². The maximum absolute atomic E-state index is 9.42. The molecule has 0 atom stereocenters. The second-order valence-electron chi connectivity index (χ2n) is 14.7. The summed E-state index contributed by atoms with van der Waals surface area (Å²) in [5.41, 5.74) is 13.7. The van der Waals surface area contributed by atoms with Crippen molar-refractivity contribution in [1.82, 2.24) is 0 Å². The Kier molecular flexibility index (Phi) is 9.14. The largest absolute Gasteiger partial charge is 0.192 e. The van der Waals surface area contributed by atoms with E-state index in [1.807, 2.05) is 48.5 Å². The molecule has 0 bridgehead atoms. The summed E-state index contributed by atoms with van der Waals surface area (Å²) in [5.74, 6) is 14.0. The van der Waals surface area contributed by atoms with Gasteiger partial charge >= 0.3 is 0 Å². The maximum atomic E-state index is 9.42. The highest BCUT2D eigenvalue weighted by molar-refractivity contribution is 6.30. The first-order valence-corrected chi connectivity index (χ1v) is 19.8. The van der Waals surface area contributed by atoms with Crippen molar-refractivity contribution in [3.63, 3.8) is 0 Å². The Morgan fingerprint density at radius 2 is 0.600 bits per heavy atom. The van der Waals surface area contributed by atoms with Gasteiger partial charge in [0.25, 0.3) is 0 Å². The molecule has 274 valence electrons. The summed E-state index contributed by atoms with van der Waals surface area (Å²) < 4.78 is 0. The topological polar surface area (TPSA) is 47.6 Å². The fourth-order valence-corrected chi connectivity index (χ4v) is 8.36. The van der Waals surface area contributed by atoms with Gasteiger partial charge in [0.1, 0.15) is 0 Å². The molecule has 0 aliphatic carbocycles. The highest BCUT2D eigenvalue weighted by atomic mass is 14.3. The molecule has 10 aromatic rings. The molecule has 0 saturated heterocycles. The van der Waals surface area contributed by atoms with E-state index in [0.717, 1.165) is 99.1 Å². The first-order chi connectivity index (χ1) is 29.7. The number of nitriles is 2. The number of benzene rings is 10. The second kappa shape index (κ2) is 15.4. The van der Waals surface area contributed by atoms with Gasteiger partial charge in [-0.2, -0.15) is 10.5 Å². The van der Waals surface area contributed by atoms with Crippen LogP contribution >= 0.6 is 0 Å². The van der Waals surface area contributed by atoms with E-state index in [0.29, 0.717) is 11.1 Å². The summed E-state index contributed by atoms with van der Waals surface area (Å²) in [4.78, 5) is 0. The Hall–Kier alpha value is -8.66. The summed E-state index contributed by atoms with van der Waals surface area (Å²) in [6, 6.07) is 71.1. The van der Waals surface area contributed by atoms with Gasteiger partial charge in [-0.25, -0.2) is 0 Å². The van der Waals surface area contributed by atoms with Crippen LogP contribution in [0.1, 0.15) is 33.4 Å². The van der Waals surface area contributed by atoms with Crippen molar-refractivity contribution in [1.29, 1.82) is 10.5 Å². The van der Waals surface area contributed by atoms with E-state index in [2.05, 4.69) is 181 Å². The Balaban J connectivity index is 1.32. The van der Waals surface area contributed by atoms with Crippen molar-refractivity contribution in [3.8, 4) is 80.3 Å². The van der Waals surface area contributed by atoms with Gasteiger partial charge < -0.3 is 0 Å². The lowest BCUT2D eigenvalue weighted by Gasteiger charge is -2.21. The number of nitrogens with zero attached hydrogens (tertiary/aromatic N) is 2. The van der Waals surface area contributed by atoms with Crippen LogP contribution in [0.4, 0.5) is 0 Å². The lowest BCUT2D eigenvalue weighted by Crippen LogP contribution is -1.96. The highest BCUT2D eigenvalue weighted by Gasteiger charge is 2.21. The summed E-state index contributed by atoms with van der Waals surface area (Å²) >= 11 is 0. The van der Waals surface area contributed by atoms with Crippen LogP contribution in [-0.2, 0) is 0 Å². The standard InChI is InChI=1S/C58H32N2/c59-37-41-23-19-39(20-24-41)27-29-45-35-55(51-17-9-7-15-47(51)43-11-3-1-4-12-43)53-33-31-50-46(30-28-40-21-25-42(38-60)26-22-40)36-56(54-34-32-49(45)57(53)58(50)54)52-18-10-8-16-48(52)44-13-5-2-6-14-44/h1-26,31-36H. The SMILES string of the molecule is N#Cc1ccc(C#Cc2cc(-c3ccccc3-c3ccccc3)c3ccc4c(C#Cc5ccc(C#N)cc5)cc(-c5ccccc5-c5ccccc5)c5ccc2c3c45)cc1. The Morgan fingerprint density at radius 3 is 0.983 bits per heavy atom. The van der Waals surface area contributed by atoms with Gasteiger partial charge in [-0.3, -0.25) is 0 Å². The minimum absolute atomic E-state index is 0.603. The molecule has 60 heavy (non-hydrogen) atoms. The van der Waals surface area contributed by atoms with E-state index < -0.39 is 0 Å². The molecule has 0 spiro atoms. The van der Waals surface area contributed by atoms with Crippen LogP contribution < -0.4 is 0 Å². The van der Waals surface area contributed by atoms with E-state index in [-0.39, 0.29) is 0 Å². The molecule has 0 aromatic heterocycles. The minimum atomic E-state index is 0.603. The Labute approximate surface area is 349 Å². The highest BCUT2D eigenvalue weighted by Crippen LogP contribution is 2.47. The fraction of sp³-hybridized carbons (Fsp3) is 0. The van der Waals surface area contributed by atoms with Crippen molar-refractivity contribution in [3.05, 3.63) is 228 Å². The average Bonchev–Trinajstić information content (AvgIpc) is 3.33. The van der Waals surface area contributed by atoms with Crippen molar-refractivity contribution in [2.24, 2.45) is 0 Å². The first kappa shape index (κ1) is 35.7. The molecule has 0 unspecified atom stereocenters. The number of hydrogen-bond acceptors (Lipinski definition) is 2. The van der Waals surface area contributed by atoms with Crippen LogP contribution in [0.2, 0.25) is 0 Å². The van der Waals surface area contributed by atoms with Gasteiger partial charge in [0.15, 0.2) is 0 Å².